The van der Waals surface area contributed by atoms with Gasteiger partial charge in [0.1, 0.15) is 11.3 Å². The van der Waals surface area contributed by atoms with Crippen LogP contribution in [0.15, 0.2) is 29.4 Å². The molecule has 0 bridgehead atoms. The summed E-state index contributed by atoms with van der Waals surface area (Å²) in [6.07, 6.45) is 3.41. The normalized spacial score (nSPS) is 15.4. The number of carbonyl (C=O) groups is 1. The molecule has 1 amide bonds. The van der Waals surface area contributed by atoms with Gasteiger partial charge in [-0.2, -0.15) is 5.26 Å². The minimum absolute atomic E-state index is 0.153. The van der Waals surface area contributed by atoms with E-state index in [1.807, 2.05) is 35.9 Å². The monoisotopic (exact) mass is 371 g/mol. The number of methoxy groups -OCH3 is 1. The molecule has 1 aromatic carbocycles. The molecular weight excluding hydrogens is 350 g/mol. The number of hydrogen-bond donors (Lipinski definition) is 1. The molecule has 1 aromatic heterocycles. The van der Waals surface area contributed by atoms with E-state index in [-0.39, 0.29) is 11.7 Å². The van der Waals surface area contributed by atoms with Gasteiger partial charge >= 0.3 is 0 Å². The average molecular weight is 371 g/mol. The summed E-state index contributed by atoms with van der Waals surface area (Å²) < 4.78 is 7.22. The smallest absolute Gasteiger partial charge is 0.231 e. The molecule has 0 spiro atoms. The zero-order valence-corrected chi connectivity index (χ0v) is 15.7. The van der Waals surface area contributed by atoms with Gasteiger partial charge in [-0.15, -0.1) is 10.2 Å². The van der Waals surface area contributed by atoms with Gasteiger partial charge in [0.2, 0.25) is 5.91 Å². The van der Waals surface area contributed by atoms with Crippen molar-refractivity contribution in [2.75, 3.05) is 12.9 Å². The standard InChI is InChI=1S/C18H21N5O2S/c1-23-16(13-7-3-4-8-14(13)25-2)21-22-17(23)26-11-15(24)20-18(12-19)9-5-6-10-18/h3-4,7-8H,5-6,9-11H2,1-2H3,(H,20,24). The van der Waals surface area contributed by atoms with Crippen LogP contribution in [0.25, 0.3) is 11.4 Å². The summed E-state index contributed by atoms with van der Waals surface area (Å²) in [6, 6.07) is 9.86. The van der Waals surface area contributed by atoms with Crippen LogP contribution in [0.3, 0.4) is 0 Å². The van der Waals surface area contributed by atoms with Crippen molar-refractivity contribution >= 4 is 17.7 Å². The Balaban J connectivity index is 1.67. The fourth-order valence-corrected chi connectivity index (χ4v) is 3.89. The Labute approximate surface area is 156 Å². The van der Waals surface area contributed by atoms with Crippen molar-refractivity contribution < 1.29 is 9.53 Å². The third kappa shape index (κ3) is 3.68. The van der Waals surface area contributed by atoms with E-state index in [1.54, 1.807) is 7.11 Å². The maximum Gasteiger partial charge on any atom is 0.231 e. The van der Waals surface area contributed by atoms with Gasteiger partial charge in [0.05, 0.1) is 24.5 Å². The second kappa shape index (κ2) is 7.79. The van der Waals surface area contributed by atoms with E-state index in [4.69, 9.17) is 4.74 Å². The summed E-state index contributed by atoms with van der Waals surface area (Å²) in [5.74, 6) is 1.44. The van der Waals surface area contributed by atoms with Gasteiger partial charge in [-0.3, -0.25) is 4.79 Å². The number of nitrogens with one attached hydrogen (secondary N) is 1. The Hall–Kier alpha value is -2.53. The number of rotatable bonds is 6. The van der Waals surface area contributed by atoms with E-state index < -0.39 is 5.54 Å². The first-order chi connectivity index (χ1) is 12.6. The number of nitriles is 1. The van der Waals surface area contributed by atoms with Crippen LogP contribution in [0.1, 0.15) is 25.7 Å². The van der Waals surface area contributed by atoms with Gasteiger partial charge in [0.25, 0.3) is 0 Å². The van der Waals surface area contributed by atoms with E-state index in [1.165, 1.54) is 11.8 Å². The van der Waals surface area contributed by atoms with Crippen LogP contribution in [0.2, 0.25) is 0 Å². The minimum atomic E-state index is -0.694. The van der Waals surface area contributed by atoms with Crippen LogP contribution in [-0.2, 0) is 11.8 Å². The number of benzene rings is 1. The fraction of sp³-hybridized carbons (Fsp3) is 0.444. The van der Waals surface area contributed by atoms with Crippen molar-refractivity contribution in [2.45, 2.75) is 36.4 Å². The Morgan fingerprint density at radius 2 is 2.12 bits per heavy atom. The van der Waals surface area contributed by atoms with Crippen molar-refractivity contribution in [3.8, 4) is 23.2 Å². The van der Waals surface area contributed by atoms with Crippen molar-refractivity contribution in [3.63, 3.8) is 0 Å². The zero-order chi connectivity index (χ0) is 18.6. The molecular formula is C18H21N5O2S. The lowest BCUT2D eigenvalue weighted by Gasteiger charge is -2.21. The zero-order valence-electron chi connectivity index (χ0n) is 14.9. The minimum Gasteiger partial charge on any atom is -0.496 e. The topological polar surface area (TPSA) is 92.8 Å². The fourth-order valence-electron chi connectivity index (χ4n) is 3.18. The number of carbonyl (C=O) groups excluding carboxylic acids is 1. The predicted octanol–water partition coefficient (Wildman–Crippen LogP) is 2.54. The van der Waals surface area contributed by atoms with Crippen LogP contribution >= 0.6 is 11.8 Å². The molecule has 0 atom stereocenters. The number of aromatic nitrogens is 3. The SMILES string of the molecule is COc1ccccc1-c1nnc(SCC(=O)NC2(C#N)CCCC2)n1C. The third-order valence-electron chi connectivity index (χ3n) is 4.56. The highest BCUT2D eigenvalue weighted by Crippen LogP contribution is 2.31. The molecule has 8 heteroatoms. The van der Waals surface area contributed by atoms with Crippen molar-refractivity contribution in [1.29, 1.82) is 5.26 Å². The van der Waals surface area contributed by atoms with E-state index >= 15 is 0 Å². The molecule has 0 saturated heterocycles. The predicted molar refractivity (Wildman–Crippen MR) is 98.7 cm³/mol. The maximum atomic E-state index is 12.3. The summed E-state index contributed by atoms with van der Waals surface area (Å²) in [7, 11) is 3.47. The molecule has 1 aliphatic rings. The Morgan fingerprint density at radius 1 is 1.38 bits per heavy atom. The molecule has 1 saturated carbocycles. The van der Waals surface area contributed by atoms with Crippen LogP contribution in [0.5, 0.6) is 5.75 Å². The highest BCUT2D eigenvalue weighted by atomic mass is 32.2. The lowest BCUT2D eigenvalue weighted by atomic mass is 10.0. The number of ether oxygens (including phenoxy) is 1. The first-order valence-corrected chi connectivity index (χ1v) is 9.45. The second-order valence-corrected chi connectivity index (χ2v) is 7.25. The molecule has 2 aromatic rings. The maximum absolute atomic E-state index is 12.3. The Bertz CT molecular complexity index is 836. The molecule has 0 unspecified atom stereocenters. The molecule has 0 aliphatic heterocycles. The number of hydrogen-bond acceptors (Lipinski definition) is 6. The van der Waals surface area contributed by atoms with Gasteiger partial charge in [-0.25, -0.2) is 0 Å². The summed E-state index contributed by atoms with van der Waals surface area (Å²) in [6.45, 7) is 0. The second-order valence-electron chi connectivity index (χ2n) is 6.30. The third-order valence-corrected chi connectivity index (χ3v) is 5.59. The van der Waals surface area contributed by atoms with Gasteiger partial charge in [-0.1, -0.05) is 23.9 Å². The van der Waals surface area contributed by atoms with E-state index in [9.17, 15) is 10.1 Å². The lowest BCUT2D eigenvalue weighted by Crippen LogP contribution is -2.45. The van der Waals surface area contributed by atoms with Gasteiger partial charge in [0.15, 0.2) is 11.0 Å². The molecule has 1 aliphatic carbocycles. The van der Waals surface area contributed by atoms with Crippen LogP contribution in [-0.4, -0.2) is 39.1 Å². The summed E-state index contributed by atoms with van der Waals surface area (Å²) >= 11 is 1.30. The van der Waals surface area contributed by atoms with Crippen LogP contribution in [0, 0.1) is 11.3 Å². The largest absolute Gasteiger partial charge is 0.496 e. The molecule has 3 rings (SSSR count). The highest BCUT2D eigenvalue weighted by molar-refractivity contribution is 7.99. The average Bonchev–Trinajstić information content (AvgIpc) is 3.27. The van der Waals surface area contributed by atoms with Gasteiger partial charge < -0.3 is 14.6 Å². The van der Waals surface area contributed by atoms with E-state index in [2.05, 4.69) is 21.6 Å². The Kier molecular flexibility index (Phi) is 5.47. The number of thioether (sulfide) groups is 1. The highest BCUT2D eigenvalue weighted by Gasteiger charge is 2.35. The number of amides is 1. The molecule has 1 fully saturated rings. The summed E-state index contributed by atoms with van der Waals surface area (Å²) in [5, 5.41) is 21.3. The molecule has 1 heterocycles. The summed E-state index contributed by atoms with van der Waals surface area (Å²) in [4.78, 5) is 12.3. The molecule has 0 radical (unpaired) electrons. The van der Waals surface area contributed by atoms with E-state index in [0.29, 0.717) is 11.0 Å². The first-order valence-electron chi connectivity index (χ1n) is 8.46. The van der Waals surface area contributed by atoms with Crippen LogP contribution < -0.4 is 10.1 Å². The molecule has 136 valence electrons. The van der Waals surface area contributed by atoms with Crippen molar-refractivity contribution in [1.82, 2.24) is 20.1 Å². The first kappa shape index (κ1) is 18.3. The Morgan fingerprint density at radius 3 is 2.81 bits per heavy atom. The molecule has 7 nitrogen and oxygen atoms in total. The quantitative estimate of drug-likeness (QED) is 0.785. The van der Waals surface area contributed by atoms with Crippen molar-refractivity contribution in [2.24, 2.45) is 7.05 Å². The van der Waals surface area contributed by atoms with E-state index in [0.717, 1.165) is 37.0 Å². The molecule has 26 heavy (non-hydrogen) atoms. The number of para-hydroxylation sites is 1. The van der Waals surface area contributed by atoms with Gasteiger partial charge in [0, 0.05) is 7.05 Å². The summed E-state index contributed by atoms with van der Waals surface area (Å²) in [5.41, 5.74) is 0.149. The van der Waals surface area contributed by atoms with Crippen molar-refractivity contribution in [3.05, 3.63) is 24.3 Å². The van der Waals surface area contributed by atoms with Crippen LogP contribution in [0.4, 0.5) is 0 Å². The number of nitrogens with zero attached hydrogens (tertiary/aromatic N) is 4. The van der Waals surface area contributed by atoms with Gasteiger partial charge in [-0.05, 0) is 37.8 Å². The lowest BCUT2D eigenvalue weighted by molar-refractivity contribution is -0.119. The molecule has 1 N–H and O–H groups in total.